The highest BCUT2D eigenvalue weighted by Gasteiger charge is 2.28. The fourth-order valence-corrected chi connectivity index (χ4v) is 5.09. The summed E-state index contributed by atoms with van der Waals surface area (Å²) in [4.78, 5) is 25.1. The molecule has 6 rings (SSSR count). The Morgan fingerprint density at radius 2 is 1.82 bits per heavy atom. The number of rotatable bonds is 6. The first-order valence-electron chi connectivity index (χ1n) is 12.6. The highest BCUT2D eigenvalue weighted by atomic mass is 35.5. The molecule has 2 aromatic carbocycles. The van der Waals surface area contributed by atoms with E-state index in [0.717, 1.165) is 30.5 Å². The van der Waals surface area contributed by atoms with Gasteiger partial charge < -0.3 is 19.7 Å². The maximum Gasteiger partial charge on any atom is 0.278 e. The van der Waals surface area contributed by atoms with Gasteiger partial charge in [0, 0.05) is 31.2 Å². The first-order valence-corrected chi connectivity index (χ1v) is 12.6. The van der Waals surface area contributed by atoms with Crippen molar-refractivity contribution in [3.05, 3.63) is 94.3 Å². The second kappa shape index (κ2) is 11.1. The molecule has 1 aliphatic heterocycles. The molecule has 0 amide bonds. The predicted octanol–water partition coefficient (Wildman–Crippen LogP) is 3.57. The van der Waals surface area contributed by atoms with Crippen LogP contribution >= 0.6 is 12.4 Å². The molecule has 1 aliphatic rings. The Bertz CT molecular complexity index is 1690. The molecular formula is C28H27ClN8O2. The molecule has 11 heteroatoms. The molecule has 3 aromatic heterocycles. The zero-order chi connectivity index (χ0) is 26.1. The topological polar surface area (TPSA) is 132 Å². The monoisotopic (exact) mass is 542 g/mol. The molecule has 2 N–H and O–H groups in total. The second-order valence-electron chi connectivity index (χ2n) is 9.49. The van der Waals surface area contributed by atoms with Crippen molar-refractivity contribution in [3.8, 4) is 17.5 Å². The normalized spacial score (nSPS) is 15.2. The van der Waals surface area contributed by atoms with Gasteiger partial charge in [0.05, 0.1) is 12.9 Å². The summed E-state index contributed by atoms with van der Waals surface area (Å²) in [6.07, 6.45) is 3.29. The van der Waals surface area contributed by atoms with Crippen molar-refractivity contribution in [1.82, 2.24) is 24.3 Å². The molecule has 0 spiro atoms. The van der Waals surface area contributed by atoms with Crippen LogP contribution in [0.4, 0.5) is 5.82 Å². The molecule has 0 radical (unpaired) electrons. The number of aromatic nitrogens is 5. The second-order valence-corrected chi connectivity index (χ2v) is 9.49. The molecule has 1 unspecified atom stereocenters. The van der Waals surface area contributed by atoms with E-state index in [9.17, 15) is 10.1 Å². The minimum absolute atomic E-state index is 0. The summed E-state index contributed by atoms with van der Waals surface area (Å²) in [6, 6.07) is 21.6. The zero-order valence-electron chi connectivity index (χ0n) is 21.1. The van der Waals surface area contributed by atoms with E-state index in [2.05, 4.69) is 26.1 Å². The van der Waals surface area contributed by atoms with Gasteiger partial charge in [0.25, 0.3) is 11.4 Å². The van der Waals surface area contributed by atoms with Crippen LogP contribution in [0.5, 0.6) is 0 Å². The van der Waals surface area contributed by atoms with E-state index in [0.29, 0.717) is 47.2 Å². The van der Waals surface area contributed by atoms with Crippen LogP contribution in [0.2, 0.25) is 0 Å². The minimum atomic E-state index is -0.277. The van der Waals surface area contributed by atoms with Gasteiger partial charge in [-0.15, -0.1) is 12.4 Å². The van der Waals surface area contributed by atoms with Gasteiger partial charge >= 0.3 is 0 Å². The standard InChI is InChI=1S/C28H26N8O2.ClH/c29-14-22-24-25(36(15-19-8-3-1-4-9-19)27(22)34-13-7-12-21(30)16-34)28(37)35(18-31-24)17-23-32-26(38-33-23)20-10-5-2-6-11-20;/h1-6,8-11,18,21H,7,12-13,15-17,30H2;1H. The van der Waals surface area contributed by atoms with E-state index in [1.807, 2.05) is 65.2 Å². The van der Waals surface area contributed by atoms with Crippen molar-refractivity contribution in [2.75, 3.05) is 18.0 Å². The van der Waals surface area contributed by atoms with Gasteiger partial charge in [-0.3, -0.25) is 9.36 Å². The Labute approximate surface area is 230 Å². The maximum atomic E-state index is 13.9. The van der Waals surface area contributed by atoms with Crippen LogP contribution in [-0.2, 0) is 13.1 Å². The third-order valence-corrected chi connectivity index (χ3v) is 6.85. The number of nitrogens with zero attached hydrogens (tertiary/aromatic N) is 7. The molecule has 0 saturated carbocycles. The van der Waals surface area contributed by atoms with Crippen LogP contribution in [0.15, 0.2) is 76.3 Å². The smallest absolute Gasteiger partial charge is 0.278 e. The highest BCUT2D eigenvalue weighted by molar-refractivity contribution is 5.89. The average molecular weight is 543 g/mol. The molecule has 39 heavy (non-hydrogen) atoms. The Kier molecular flexibility index (Phi) is 7.45. The SMILES string of the molecule is Cl.N#Cc1c(N2CCCC(N)C2)n(Cc2ccccc2)c2c(=O)n(Cc3noc(-c4ccccc4)n3)cnc12. The molecule has 1 atom stereocenters. The lowest BCUT2D eigenvalue weighted by Crippen LogP contribution is -2.44. The van der Waals surface area contributed by atoms with Gasteiger partial charge in [0.15, 0.2) is 5.82 Å². The van der Waals surface area contributed by atoms with Crippen LogP contribution in [0.3, 0.4) is 0 Å². The van der Waals surface area contributed by atoms with E-state index >= 15 is 0 Å². The molecular weight excluding hydrogens is 516 g/mol. The van der Waals surface area contributed by atoms with Gasteiger partial charge in [0.1, 0.15) is 28.5 Å². The lowest BCUT2D eigenvalue weighted by Gasteiger charge is -2.33. The molecule has 1 saturated heterocycles. The number of halogens is 1. The first kappa shape index (κ1) is 26.2. The van der Waals surface area contributed by atoms with Crippen molar-refractivity contribution in [3.63, 3.8) is 0 Å². The Morgan fingerprint density at radius 3 is 2.54 bits per heavy atom. The molecule has 1 fully saturated rings. The number of fused-ring (bicyclic) bond motifs is 1. The summed E-state index contributed by atoms with van der Waals surface area (Å²) in [5.74, 6) is 1.43. The van der Waals surface area contributed by atoms with Crippen LogP contribution in [0, 0.1) is 11.3 Å². The summed E-state index contributed by atoms with van der Waals surface area (Å²) in [6.45, 7) is 1.87. The van der Waals surface area contributed by atoms with E-state index in [1.165, 1.54) is 10.9 Å². The third-order valence-electron chi connectivity index (χ3n) is 6.85. The summed E-state index contributed by atoms with van der Waals surface area (Å²) in [5, 5.41) is 14.3. The Balaban J connectivity index is 0.00000308. The molecule has 0 aliphatic carbocycles. The van der Waals surface area contributed by atoms with Gasteiger partial charge in [0.2, 0.25) is 0 Å². The molecule has 0 bridgehead atoms. The number of anilines is 1. The average Bonchev–Trinajstić information content (AvgIpc) is 3.54. The van der Waals surface area contributed by atoms with Crippen molar-refractivity contribution < 1.29 is 4.52 Å². The van der Waals surface area contributed by atoms with E-state index in [-0.39, 0.29) is 30.6 Å². The summed E-state index contributed by atoms with van der Waals surface area (Å²) >= 11 is 0. The van der Waals surface area contributed by atoms with Crippen LogP contribution in [0.1, 0.15) is 29.8 Å². The lowest BCUT2D eigenvalue weighted by atomic mass is 10.1. The van der Waals surface area contributed by atoms with Crippen LogP contribution in [-0.4, -0.2) is 43.4 Å². The number of piperidine rings is 1. The number of nitrogens with two attached hydrogens (primary N) is 1. The maximum absolute atomic E-state index is 13.9. The largest absolute Gasteiger partial charge is 0.355 e. The van der Waals surface area contributed by atoms with Crippen LogP contribution < -0.4 is 16.2 Å². The quantitative estimate of drug-likeness (QED) is 0.344. The number of benzene rings is 2. The minimum Gasteiger partial charge on any atom is -0.355 e. The zero-order valence-corrected chi connectivity index (χ0v) is 21.9. The van der Waals surface area contributed by atoms with Crippen molar-refractivity contribution in [1.29, 1.82) is 5.26 Å². The fraction of sp³-hybridized carbons (Fsp3) is 0.250. The number of nitriles is 1. The predicted molar refractivity (Wildman–Crippen MR) is 150 cm³/mol. The molecule has 198 valence electrons. The van der Waals surface area contributed by atoms with Crippen LogP contribution in [0.25, 0.3) is 22.5 Å². The summed E-state index contributed by atoms with van der Waals surface area (Å²) < 4.78 is 8.79. The van der Waals surface area contributed by atoms with Gasteiger partial charge in [-0.1, -0.05) is 53.7 Å². The van der Waals surface area contributed by atoms with E-state index in [1.54, 1.807) is 0 Å². The van der Waals surface area contributed by atoms with Crippen molar-refractivity contribution in [2.24, 2.45) is 5.73 Å². The van der Waals surface area contributed by atoms with E-state index < -0.39 is 0 Å². The number of hydrogen-bond donors (Lipinski definition) is 1. The molecule has 4 heterocycles. The summed E-state index contributed by atoms with van der Waals surface area (Å²) in [7, 11) is 0. The molecule has 5 aromatic rings. The van der Waals surface area contributed by atoms with E-state index in [4.69, 9.17) is 10.3 Å². The molecule has 10 nitrogen and oxygen atoms in total. The Morgan fingerprint density at radius 1 is 1.08 bits per heavy atom. The van der Waals surface area contributed by atoms with Gasteiger partial charge in [-0.05, 0) is 30.5 Å². The van der Waals surface area contributed by atoms with Crippen molar-refractivity contribution in [2.45, 2.75) is 32.0 Å². The lowest BCUT2D eigenvalue weighted by molar-refractivity contribution is 0.420. The fourth-order valence-electron chi connectivity index (χ4n) is 5.09. The highest BCUT2D eigenvalue weighted by Crippen LogP contribution is 2.32. The summed E-state index contributed by atoms with van der Waals surface area (Å²) in [5.41, 5.74) is 8.97. The van der Waals surface area contributed by atoms with Gasteiger partial charge in [-0.25, -0.2) is 4.98 Å². The third kappa shape index (κ3) is 5.02. The first-order chi connectivity index (χ1) is 18.6. The Hall–Kier alpha value is -4.46. The number of hydrogen-bond acceptors (Lipinski definition) is 8. The van der Waals surface area contributed by atoms with Crippen molar-refractivity contribution >= 4 is 29.3 Å². The van der Waals surface area contributed by atoms with Gasteiger partial charge in [-0.2, -0.15) is 10.2 Å².